The van der Waals surface area contributed by atoms with Crippen molar-refractivity contribution in [3.8, 4) is 0 Å². The van der Waals surface area contributed by atoms with Crippen LogP contribution in [0.25, 0.3) is 0 Å². The number of methoxy groups -OCH3 is 1. The molecule has 1 aromatic heterocycles. The van der Waals surface area contributed by atoms with E-state index < -0.39 is 6.09 Å². The van der Waals surface area contributed by atoms with Gasteiger partial charge >= 0.3 is 6.09 Å². The van der Waals surface area contributed by atoms with Crippen LogP contribution in [0.15, 0.2) is 6.20 Å². The Balaban J connectivity index is 2.00. The van der Waals surface area contributed by atoms with E-state index in [0.717, 1.165) is 23.6 Å². The zero-order valence-electron chi connectivity index (χ0n) is 11.9. The van der Waals surface area contributed by atoms with Crippen molar-refractivity contribution < 1.29 is 14.6 Å². The van der Waals surface area contributed by atoms with Crippen LogP contribution in [0.4, 0.5) is 4.79 Å². The Bertz CT molecular complexity index is 481. The molecule has 0 unspecified atom stereocenters. The number of rotatable bonds is 5. The molecule has 2 rings (SSSR count). The molecule has 0 atom stereocenters. The van der Waals surface area contributed by atoms with Crippen LogP contribution in [0.1, 0.15) is 17.1 Å². The Morgan fingerprint density at radius 1 is 1.60 bits per heavy atom. The number of hydrogen-bond acceptors (Lipinski definition) is 5. The maximum Gasteiger partial charge on any atom is 0.407 e. The minimum Gasteiger partial charge on any atom is -0.465 e. The molecule has 0 radical (unpaired) electrons. The Labute approximate surface area is 118 Å². The van der Waals surface area contributed by atoms with Crippen molar-refractivity contribution in [3.63, 3.8) is 0 Å². The third kappa shape index (κ3) is 3.64. The average Bonchev–Trinajstić information content (AvgIpc) is 2.44. The number of likely N-dealkylation sites (N-methyl/N-ethyl adjacent to an activating group) is 1. The fraction of sp³-hybridized carbons (Fsp3) is 0.615. The molecule has 0 saturated carbocycles. The second-order valence-electron chi connectivity index (χ2n) is 4.94. The van der Waals surface area contributed by atoms with Crippen molar-refractivity contribution in [1.29, 1.82) is 0 Å². The summed E-state index contributed by atoms with van der Waals surface area (Å²) in [6, 6.07) is 0. The van der Waals surface area contributed by atoms with Crippen molar-refractivity contribution in [1.82, 2.24) is 19.8 Å². The number of hydrogen-bond donors (Lipinski definition) is 1. The first-order valence-electron chi connectivity index (χ1n) is 6.59. The first-order valence-corrected chi connectivity index (χ1v) is 6.59. The molecule has 0 bridgehead atoms. The zero-order chi connectivity index (χ0) is 14.5. The van der Waals surface area contributed by atoms with Gasteiger partial charge in [-0.25, -0.2) is 14.8 Å². The summed E-state index contributed by atoms with van der Waals surface area (Å²) in [6.07, 6.45) is 1.51. The van der Waals surface area contributed by atoms with E-state index >= 15 is 0 Å². The minimum atomic E-state index is -0.890. The van der Waals surface area contributed by atoms with Crippen molar-refractivity contribution >= 4 is 6.09 Å². The number of aromatic nitrogens is 2. The lowest BCUT2D eigenvalue weighted by Gasteiger charge is -2.25. The van der Waals surface area contributed by atoms with Gasteiger partial charge in [-0.15, -0.1) is 0 Å². The highest BCUT2D eigenvalue weighted by Crippen LogP contribution is 2.16. The number of ether oxygens (including phenoxy) is 1. The van der Waals surface area contributed by atoms with E-state index in [-0.39, 0.29) is 0 Å². The summed E-state index contributed by atoms with van der Waals surface area (Å²) in [4.78, 5) is 23.3. The van der Waals surface area contributed by atoms with Crippen molar-refractivity contribution in [2.45, 2.75) is 19.5 Å². The standard InChI is InChI=1S/C13H20N4O3/c1-16(5-6-20-2)9-12-14-7-10-8-17(13(18)19)4-3-11(10)15-12/h7H,3-6,8-9H2,1-2H3,(H,18,19). The first-order chi connectivity index (χ1) is 9.60. The zero-order valence-corrected chi connectivity index (χ0v) is 11.9. The molecule has 110 valence electrons. The number of nitrogens with zero attached hydrogens (tertiary/aromatic N) is 4. The van der Waals surface area contributed by atoms with Crippen LogP contribution in [0.3, 0.4) is 0 Å². The fourth-order valence-corrected chi connectivity index (χ4v) is 2.16. The Morgan fingerprint density at radius 3 is 3.10 bits per heavy atom. The SMILES string of the molecule is COCCN(C)Cc1ncc2c(n1)CCN(C(=O)O)C2. The van der Waals surface area contributed by atoms with Crippen LogP contribution in [-0.2, 0) is 24.2 Å². The van der Waals surface area contributed by atoms with Crippen LogP contribution in [0.5, 0.6) is 0 Å². The molecule has 0 aliphatic carbocycles. The summed E-state index contributed by atoms with van der Waals surface area (Å²) >= 11 is 0. The summed E-state index contributed by atoms with van der Waals surface area (Å²) in [5.41, 5.74) is 1.87. The molecule has 0 spiro atoms. The third-order valence-electron chi connectivity index (χ3n) is 3.34. The molecule has 7 nitrogen and oxygen atoms in total. The summed E-state index contributed by atoms with van der Waals surface area (Å²) < 4.78 is 5.03. The Kier molecular flexibility index (Phi) is 4.86. The van der Waals surface area contributed by atoms with Gasteiger partial charge in [0.1, 0.15) is 5.82 Å². The van der Waals surface area contributed by atoms with E-state index in [1.54, 1.807) is 13.3 Å². The van der Waals surface area contributed by atoms with Crippen molar-refractivity contribution in [3.05, 3.63) is 23.3 Å². The van der Waals surface area contributed by atoms with Gasteiger partial charge in [0.2, 0.25) is 0 Å². The number of fused-ring (bicyclic) bond motifs is 1. The number of carboxylic acid groups (broad SMARTS) is 1. The summed E-state index contributed by atoms with van der Waals surface area (Å²) in [7, 11) is 3.67. The maximum absolute atomic E-state index is 10.9. The van der Waals surface area contributed by atoms with E-state index in [9.17, 15) is 4.79 Å². The molecule has 7 heteroatoms. The minimum absolute atomic E-state index is 0.379. The van der Waals surface area contributed by atoms with Crippen molar-refractivity contribution in [2.75, 3.05) is 33.9 Å². The molecular weight excluding hydrogens is 260 g/mol. The molecule has 1 aromatic rings. The molecule has 0 aromatic carbocycles. The molecule has 1 amide bonds. The smallest absolute Gasteiger partial charge is 0.407 e. The van der Waals surface area contributed by atoms with Crippen LogP contribution in [0, 0.1) is 0 Å². The van der Waals surface area contributed by atoms with Gasteiger partial charge in [0.05, 0.1) is 25.4 Å². The third-order valence-corrected chi connectivity index (χ3v) is 3.34. The van der Waals surface area contributed by atoms with Crippen LogP contribution < -0.4 is 0 Å². The normalized spacial score (nSPS) is 14.4. The highest BCUT2D eigenvalue weighted by Gasteiger charge is 2.21. The van der Waals surface area contributed by atoms with E-state index in [2.05, 4.69) is 14.9 Å². The molecule has 1 N–H and O–H groups in total. The molecule has 0 fully saturated rings. The van der Waals surface area contributed by atoms with Gasteiger partial charge in [0.25, 0.3) is 0 Å². The molecule has 2 heterocycles. The molecule has 1 aliphatic heterocycles. The summed E-state index contributed by atoms with van der Waals surface area (Å²) in [5, 5.41) is 8.99. The highest BCUT2D eigenvalue weighted by atomic mass is 16.5. The van der Waals surface area contributed by atoms with Crippen LogP contribution in [0.2, 0.25) is 0 Å². The topological polar surface area (TPSA) is 78.8 Å². The van der Waals surface area contributed by atoms with Crippen LogP contribution in [-0.4, -0.2) is 64.8 Å². The molecule has 0 saturated heterocycles. The predicted molar refractivity (Wildman–Crippen MR) is 72.4 cm³/mol. The maximum atomic E-state index is 10.9. The number of amides is 1. The van der Waals surface area contributed by atoms with Gasteiger partial charge in [0.15, 0.2) is 0 Å². The van der Waals surface area contributed by atoms with Gasteiger partial charge in [-0.1, -0.05) is 0 Å². The highest BCUT2D eigenvalue weighted by molar-refractivity contribution is 5.65. The first kappa shape index (κ1) is 14.7. The summed E-state index contributed by atoms with van der Waals surface area (Å²) in [5.74, 6) is 0.770. The quantitative estimate of drug-likeness (QED) is 0.850. The van der Waals surface area contributed by atoms with Gasteiger partial charge in [0, 0.05) is 38.4 Å². The lowest BCUT2D eigenvalue weighted by molar-refractivity contribution is 0.139. The fourth-order valence-electron chi connectivity index (χ4n) is 2.16. The van der Waals surface area contributed by atoms with E-state index in [1.165, 1.54) is 4.90 Å². The van der Waals surface area contributed by atoms with Gasteiger partial charge < -0.3 is 14.7 Å². The lowest BCUT2D eigenvalue weighted by Crippen LogP contribution is -2.35. The monoisotopic (exact) mass is 280 g/mol. The van der Waals surface area contributed by atoms with Gasteiger partial charge in [-0.3, -0.25) is 4.90 Å². The second kappa shape index (κ2) is 6.62. The number of carbonyl (C=O) groups is 1. The molecular formula is C13H20N4O3. The van der Waals surface area contributed by atoms with E-state index in [4.69, 9.17) is 9.84 Å². The second-order valence-corrected chi connectivity index (χ2v) is 4.94. The molecule has 1 aliphatic rings. The van der Waals surface area contributed by atoms with E-state index in [0.29, 0.717) is 32.7 Å². The Hall–Kier alpha value is -1.73. The van der Waals surface area contributed by atoms with E-state index in [1.807, 2.05) is 7.05 Å². The molecule has 20 heavy (non-hydrogen) atoms. The van der Waals surface area contributed by atoms with Gasteiger partial charge in [-0.05, 0) is 7.05 Å². The summed E-state index contributed by atoms with van der Waals surface area (Å²) in [6.45, 7) is 3.04. The predicted octanol–water partition coefficient (Wildman–Crippen LogP) is 0.591. The average molecular weight is 280 g/mol. The van der Waals surface area contributed by atoms with Crippen LogP contribution >= 0.6 is 0 Å². The van der Waals surface area contributed by atoms with Crippen molar-refractivity contribution in [2.24, 2.45) is 0 Å². The Morgan fingerprint density at radius 2 is 2.40 bits per heavy atom. The lowest BCUT2D eigenvalue weighted by atomic mass is 10.1. The van der Waals surface area contributed by atoms with Gasteiger partial charge in [-0.2, -0.15) is 0 Å². The largest absolute Gasteiger partial charge is 0.465 e.